The Bertz CT molecular complexity index is 266. The highest BCUT2D eigenvalue weighted by molar-refractivity contribution is 7.80. The molecule has 0 radical (unpaired) electrons. The van der Waals surface area contributed by atoms with Gasteiger partial charge in [0.05, 0.1) is 6.61 Å². The summed E-state index contributed by atoms with van der Waals surface area (Å²) in [5, 5.41) is 0.291. The molecule has 1 rings (SSSR count). The predicted molar refractivity (Wildman–Crippen MR) is 68.9 cm³/mol. The molecule has 0 aromatic heterocycles. The highest BCUT2D eigenvalue weighted by atomic mass is 32.1. The summed E-state index contributed by atoms with van der Waals surface area (Å²) in [5.41, 5.74) is 1.24. The molecule has 0 amide bonds. The summed E-state index contributed by atoms with van der Waals surface area (Å²) in [5.74, 6) is 0.962. The molecule has 0 aliphatic rings. The van der Waals surface area contributed by atoms with Crippen LogP contribution in [0.5, 0.6) is 5.75 Å². The van der Waals surface area contributed by atoms with Gasteiger partial charge >= 0.3 is 0 Å². The maximum atomic E-state index is 5.62. The molecule has 15 heavy (non-hydrogen) atoms. The fourth-order valence-electron chi connectivity index (χ4n) is 1.38. The molecule has 1 unspecified atom stereocenters. The minimum absolute atomic E-state index is 0.291. The Morgan fingerprint density at radius 1 is 1.20 bits per heavy atom. The molecular weight excluding hydrogens is 204 g/mol. The largest absolute Gasteiger partial charge is 0.494 e. The third kappa shape index (κ3) is 4.61. The van der Waals surface area contributed by atoms with E-state index in [1.54, 1.807) is 0 Å². The standard InChI is InChI=1S/C13H20OS/c1-3-4-5-10-14-13-8-6-12(7-9-13)11(2)15/h6-9,11,15H,3-5,10H2,1-2H3. The van der Waals surface area contributed by atoms with Crippen LogP contribution < -0.4 is 4.74 Å². The first kappa shape index (κ1) is 12.4. The third-order valence-electron chi connectivity index (χ3n) is 2.38. The van der Waals surface area contributed by atoms with Crippen LogP contribution in [-0.4, -0.2) is 6.61 Å². The second kappa shape index (κ2) is 6.78. The Hall–Kier alpha value is -0.630. The first-order valence-corrected chi connectivity index (χ1v) is 6.16. The molecule has 0 saturated carbocycles. The molecule has 84 valence electrons. The van der Waals surface area contributed by atoms with Crippen LogP contribution in [0.3, 0.4) is 0 Å². The molecule has 0 saturated heterocycles. The monoisotopic (exact) mass is 224 g/mol. The van der Waals surface area contributed by atoms with Crippen molar-refractivity contribution >= 4 is 12.6 Å². The van der Waals surface area contributed by atoms with Gasteiger partial charge < -0.3 is 4.74 Å². The molecule has 0 aliphatic heterocycles. The van der Waals surface area contributed by atoms with Gasteiger partial charge in [0, 0.05) is 5.25 Å². The summed E-state index contributed by atoms with van der Waals surface area (Å²) < 4.78 is 5.62. The van der Waals surface area contributed by atoms with Crippen molar-refractivity contribution < 1.29 is 4.74 Å². The summed E-state index contributed by atoms with van der Waals surface area (Å²) in [4.78, 5) is 0. The van der Waals surface area contributed by atoms with Gasteiger partial charge in [-0.05, 0) is 31.0 Å². The number of hydrogen-bond donors (Lipinski definition) is 1. The van der Waals surface area contributed by atoms with E-state index in [0.717, 1.165) is 18.8 Å². The van der Waals surface area contributed by atoms with Crippen LogP contribution >= 0.6 is 12.6 Å². The molecule has 1 atom stereocenters. The first-order valence-electron chi connectivity index (χ1n) is 5.65. The number of ether oxygens (including phenoxy) is 1. The average Bonchev–Trinajstić information content (AvgIpc) is 2.25. The van der Waals surface area contributed by atoms with Crippen molar-refractivity contribution in [3.8, 4) is 5.75 Å². The van der Waals surface area contributed by atoms with Crippen molar-refractivity contribution in [2.24, 2.45) is 0 Å². The zero-order valence-corrected chi connectivity index (χ0v) is 10.5. The second-order valence-corrected chi connectivity index (χ2v) is 4.58. The number of benzene rings is 1. The zero-order valence-electron chi connectivity index (χ0n) is 9.57. The lowest BCUT2D eigenvalue weighted by Crippen LogP contribution is -1.97. The van der Waals surface area contributed by atoms with Gasteiger partial charge in [0.15, 0.2) is 0 Å². The minimum Gasteiger partial charge on any atom is -0.494 e. The molecule has 0 spiro atoms. The van der Waals surface area contributed by atoms with Gasteiger partial charge in [-0.1, -0.05) is 31.9 Å². The van der Waals surface area contributed by atoms with Crippen molar-refractivity contribution in [3.63, 3.8) is 0 Å². The lowest BCUT2D eigenvalue weighted by molar-refractivity contribution is 0.306. The molecule has 1 aromatic rings. The SMILES string of the molecule is CCCCCOc1ccc(C(C)S)cc1. The summed E-state index contributed by atoms with van der Waals surface area (Å²) in [6, 6.07) is 8.20. The molecule has 1 aromatic carbocycles. The lowest BCUT2D eigenvalue weighted by atomic mass is 10.1. The summed E-state index contributed by atoms with van der Waals surface area (Å²) in [7, 11) is 0. The van der Waals surface area contributed by atoms with Crippen LogP contribution in [0, 0.1) is 0 Å². The van der Waals surface area contributed by atoms with Crippen molar-refractivity contribution in [1.82, 2.24) is 0 Å². The average molecular weight is 224 g/mol. The van der Waals surface area contributed by atoms with Crippen LogP contribution in [0.25, 0.3) is 0 Å². The Kier molecular flexibility index (Phi) is 5.62. The van der Waals surface area contributed by atoms with E-state index in [4.69, 9.17) is 4.74 Å². The third-order valence-corrected chi connectivity index (χ3v) is 2.68. The maximum absolute atomic E-state index is 5.62. The number of thiol groups is 1. The van der Waals surface area contributed by atoms with E-state index in [1.807, 2.05) is 12.1 Å². The fourth-order valence-corrected chi connectivity index (χ4v) is 1.56. The van der Waals surface area contributed by atoms with E-state index in [-0.39, 0.29) is 0 Å². The quantitative estimate of drug-likeness (QED) is 0.561. The van der Waals surface area contributed by atoms with Gasteiger partial charge in [0.2, 0.25) is 0 Å². The van der Waals surface area contributed by atoms with Crippen LogP contribution in [-0.2, 0) is 0 Å². The summed E-state index contributed by atoms with van der Waals surface area (Å²) >= 11 is 4.38. The van der Waals surface area contributed by atoms with Gasteiger partial charge in [-0.25, -0.2) is 0 Å². The number of hydrogen-bond acceptors (Lipinski definition) is 2. The van der Waals surface area contributed by atoms with Crippen molar-refractivity contribution in [2.75, 3.05) is 6.61 Å². The van der Waals surface area contributed by atoms with E-state index >= 15 is 0 Å². The number of rotatable bonds is 6. The van der Waals surface area contributed by atoms with E-state index < -0.39 is 0 Å². The Morgan fingerprint density at radius 2 is 1.87 bits per heavy atom. The second-order valence-electron chi connectivity index (χ2n) is 3.80. The van der Waals surface area contributed by atoms with Crippen LogP contribution in [0.15, 0.2) is 24.3 Å². The van der Waals surface area contributed by atoms with E-state index in [2.05, 4.69) is 38.6 Å². The van der Waals surface area contributed by atoms with Gasteiger partial charge in [0.1, 0.15) is 5.75 Å². The van der Waals surface area contributed by atoms with Gasteiger partial charge in [-0.15, -0.1) is 0 Å². The molecular formula is C13H20OS. The Morgan fingerprint density at radius 3 is 2.40 bits per heavy atom. The topological polar surface area (TPSA) is 9.23 Å². The molecule has 0 heterocycles. The molecule has 2 heteroatoms. The maximum Gasteiger partial charge on any atom is 0.119 e. The Labute approximate surface area is 98.3 Å². The van der Waals surface area contributed by atoms with Crippen LogP contribution in [0.4, 0.5) is 0 Å². The molecule has 1 nitrogen and oxygen atoms in total. The van der Waals surface area contributed by atoms with Crippen molar-refractivity contribution in [2.45, 2.75) is 38.4 Å². The summed E-state index contributed by atoms with van der Waals surface area (Å²) in [6.07, 6.45) is 3.62. The van der Waals surface area contributed by atoms with Gasteiger partial charge in [-0.2, -0.15) is 12.6 Å². The minimum atomic E-state index is 0.291. The molecule has 0 N–H and O–H groups in total. The van der Waals surface area contributed by atoms with Crippen molar-refractivity contribution in [3.05, 3.63) is 29.8 Å². The van der Waals surface area contributed by atoms with E-state index in [1.165, 1.54) is 18.4 Å². The lowest BCUT2D eigenvalue weighted by Gasteiger charge is -2.08. The fraction of sp³-hybridized carbons (Fsp3) is 0.538. The normalized spacial score (nSPS) is 12.5. The van der Waals surface area contributed by atoms with Crippen LogP contribution in [0.2, 0.25) is 0 Å². The first-order chi connectivity index (χ1) is 7.24. The highest BCUT2D eigenvalue weighted by Crippen LogP contribution is 2.21. The predicted octanol–water partition coefficient (Wildman–Crippen LogP) is 4.25. The Balaban J connectivity index is 2.36. The molecule has 0 bridgehead atoms. The highest BCUT2D eigenvalue weighted by Gasteiger charge is 1.99. The molecule has 0 fully saturated rings. The van der Waals surface area contributed by atoms with Crippen molar-refractivity contribution in [1.29, 1.82) is 0 Å². The van der Waals surface area contributed by atoms with Gasteiger partial charge in [-0.3, -0.25) is 0 Å². The number of unbranched alkanes of at least 4 members (excludes halogenated alkanes) is 2. The zero-order chi connectivity index (χ0) is 11.1. The van der Waals surface area contributed by atoms with E-state index in [9.17, 15) is 0 Å². The summed E-state index contributed by atoms with van der Waals surface area (Å²) in [6.45, 7) is 5.09. The van der Waals surface area contributed by atoms with Crippen LogP contribution in [0.1, 0.15) is 43.9 Å². The van der Waals surface area contributed by atoms with Gasteiger partial charge in [0.25, 0.3) is 0 Å². The smallest absolute Gasteiger partial charge is 0.119 e. The molecule has 0 aliphatic carbocycles. The van der Waals surface area contributed by atoms with E-state index in [0.29, 0.717) is 5.25 Å².